The van der Waals surface area contributed by atoms with Crippen molar-refractivity contribution in [2.45, 2.75) is 25.3 Å². The molecule has 0 aromatic carbocycles. The van der Waals surface area contributed by atoms with Gasteiger partial charge in [0.1, 0.15) is 0 Å². The van der Waals surface area contributed by atoms with Crippen LogP contribution in [-0.2, 0) is 18.9 Å². The lowest BCUT2D eigenvalue weighted by atomic mass is 10.1. The van der Waals surface area contributed by atoms with Crippen LogP contribution in [0, 0.1) is 5.92 Å². The Morgan fingerprint density at radius 3 is 2.63 bits per heavy atom. The molecule has 0 amide bonds. The number of carboxylic acid groups (broad SMARTS) is 1. The van der Waals surface area contributed by atoms with Gasteiger partial charge < -0.3 is 10.4 Å². The molecule has 0 saturated heterocycles. The number of aryl methyl sites for hydroxylation is 1. The van der Waals surface area contributed by atoms with Gasteiger partial charge in [0.05, 0.1) is 5.92 Å². The first-order valence-electron chi connectivity index (χ1n) is 6.04. The number of hydrogen-bond acceptors (Lipinski definition) is 5. The first-order valence-corrected chi connectivity index (χ1v) is 6.04. The Kier molecular flexibility index (Phi) is 3.41. The fraction of sp³-hybridized carbons (Fsp3) is 0.636. The van der Waals surface area contributed by atoms with Crippen LogP contribution < -0.4 is 16.6 Å². The zero-order chi connectivity index (χ0) is 14.2. The average molecular weight is 268 g/mol. The molecule has 1 aliphatic carbocycles. The summed E-state index contributed by atoms with van der Waals surface area (Å²) in [5.41, 5.74) is -0.993. The van der Waals surface area contributed by atoms with Gasteiger partial charge in [-0.15, -0.1) is 5.10 Å². The van der Waals surface area contributed by atoms with Gasteiger partial charge in [0.15, 0.2) is 0 Å². The lowest BCUT2D eigenvalue weighted by molar-refractivity contribution is -0.141. The summed E-state index contributed by atoms with van der Waals surface area (Å²) in [7, 11) is 2.84. The quantitative estimate of drug-likeness (QED) is 0.739. The smallest absolute Gasteiger partial charge is 0.346 e. The molecule has 2 unspecified atom stereocenters. The first kappa shape index (κ1) is 13.3. The molecule has 0 bridgehead atoms. The minimum atomic E-state index is -0.814. The maximum absolute atomic E-state index is 11.9. The van der Waals surface area contributed by atoms with Crippen LogP contribution in [0.25, 0.3) is 0 Å². The van der Waals surface area contributed by atoms with E-state index >= 15 is 0 Å². The third-order valence-corrected chi connectivity index (χ3v) is 3.44. The molecule has 104 valence electrons. The van der Waals surface area contributed by atoms with Crippen LogP contribution in [0.15, 0.2) is 9.59 Å². The molecule has 8 heteroatoms. The standard InChI is InChI=1S/C11H16N4O4/c1-14-9(16)8(13-15(2)11(14)19)12-7-4-3-6(5-7)10(17)18/h6-7H,3-5H2,1-2H3,(H,12,13)(H,17,18). The molecular formula is C11H16N4O4. The first-order chi connectivity index (χ1) is 8.90. The molecule has 2 atom stereocenters. The fourth-order valence-corrected chi connectivity index (χ4v) is 2.32. The van der Waals surface area contributed by atoms with Gasteiger partial charge in [-0.2, -0.15) is 0 Å². The maximum atomic E-state index is 11.9. The lowest BCUT2D eigenvalue weighted by Gasteiger charge is -2.13. The predicted molar refractivity (Wildman–Crippen MR) is 67.1 cm³/mol. The van der Waals surface area contributed by atoms with Gasteiger partial charge in [0.2, 0.25) is 5.82 Å². The molecule has 1 heterocycles. The second kappa shape index (κ2) is 4.87. The number of carboxylic acids is 1. The fourth-order valence-electron chi connectivity index (χ4n) is 2.32. The molecule has 19 heavy (non-hydrogen) atoms. The van der Waals surface area contributed by atoms with E-state index in [2.05, 4.69) is 10.4 Å². The van der Waals surface area contributed by atoms with Gasteiger partial charge in [-0.25, -0.2) is 9.48 Å². The molecule has 1 fully saturated rings. The van der Waals surface area contributed by atoms with Crippen LogP contribution in [0.3, 0.4) is 0 Å². The molecule has 0 aliphatic heterocycles. The number of aromatic nitrogens is 3. The van der Waals surface area contributed by atoms with E-state index in [0.717, 1.165) is 9.25 Å². The van der Waals surface area contributed by atoms with E-state index in [1.807, 2.05) is 0 Å². The average Bonchev–Trinajstić information content (AvgIpc) is 2.82. The molecule has 1 aromatic heterocycles. The predicted octanol–water partition coefficient (Wildman–Crippen LogP) is -0.856. The summed E-state index contributed by atoms with van der Waals surface area (Å²) in [6.07, 6.45) is 1.72. The van der Waals surface area contributed by atoms with Crippen molar-refractivity contribution in [3.05, 3.63) is 20.8 Å². The molecule has 1 saturated carbocycles. The summed E-state index contributed by atoms with van der Waals surface area (Å²) in [5, 5.41) is 15.7. The Balaban J connectivity index is 2.20. The summed E-state index contributed by atoms with van der Waals surface area (Å²) in [5.74, 6) is -1.11. The Morgan fingerprint density at radius 1 is 1.37 bits per heavy atom. The molecule has 2 rings (SSSR count). The summed E-state index contributed by atoms with van der Waals surface area (Å²) >= 11 is 0. The SMILES string of the molecule is Cn1nc(NC2CCC(C(=O)O)C2)c(=O)n(C)c1=O. The minimum Gasteiger partial charge on any atom is -0.481 e. The number of aliphatic carboxylic acids is 1. The van der Waals surface area contributed by atoms with E-state index in [1.54, 1.807) is 0 Å². The minimum absolute atomic E-state index is 0.0839. The normalized spacial score (nSPS) is 22.4. The molecule has 1 aromatic rings. The number of hydrogen-bond donors (Lipinski definition) is 2. The van der Waals surface area contributed by atoms with Crippen molar-refractivity contribution in [2.75, 3.05) is 5.32 Å². The van der Waals surface area contributed by atoms with Crippen LogP contribution in [0.2, 0.25) is 0 Å². The van der Waals surface area contributed by atoms with Gasteiger partial charge in [0.25, 0.3) is 5.56 Å². The van der Waals surface area contributed by atoms with Gasteiger partial charge in [-0.3, -0.25) is 14.2 Å². The highest BCUT2D eigenvalue weighted by atomic mass is 16.4. The van der Waals surface area contributed by atoms with Crippen LogP contribution in [0.5, 0.6) is 0 Å². The van der Waals surface area contributed by atoms with Crippen molar-refractivity contribution in [3.8, 4) is 0 Å². The van der Waals surface area contributed by atoms with Gasteiger partial charge in [-0.05, 0) is 19.3 Å². The topological polar surface area (TPSA) is 106 Å². The van der Waals surface area contributed by atoms with Crippen molar-refractivity contribution in [1.29, 1.82) is 0 Å². The number of rotatable bonds is 3. The zero-order valence-corrected chi connectivity index (χ0v) is 10.8. The van der Waals surface area contributed by atoms with E-state index in [-0.39, 0.29) is 17.8 Å². The van der Waals surface area contributed by atoms with Crippen molar-refractivity contribution < 1.29 is 9.90 Å². The molecular weight excluding hydrogens is 252 g/mol. The Bertz CT molecular complexity index is 618. The number of anilines is 1. The monoisotopic (exact) mass is 268 g/mol. The molecule has 0 spiro atoms. The summed E-state index contributed by atoms with van der Waals surface area (Å²) in [6, 6.07) is -0.0983. The van der Waals surface area contributed by atoms with E-state index in [9.17, 15) is 14.4 Å². The van der Waals surface area contributed by atoms with Gasteiger partial charge in [0, 0.05) is 20.1 Å². The van der Waals surface area contributed by atoms with E-state index in [1.165, 1.54) is 14.1 Å². The van der Waals surface area contributed by atoms with Crippen molar-refractivity contribution in [2.24, 2.45) is 20.0 Å². The van der Waals surface area contributed by atoms with Gasteiger partial charge in [-0.1, -0.05) is 0 Å². The highest BCUT2D eigenvalue weighted by molar-refractivity contribution is 5.70. The van der Waals surface area contributed by atoms with Crippen molar-refractivity contribution in [1.82, 2.24) is 14.3 Å². The second-order valence-electron chi connectivity index (χ2n) is 4.81. The largest absolute Gasteiger partial charge is 0.481 e. The summed E-state index contributed by atoms with van der Waals surface area (Å²) in [4.78, 5) is 34.2. The van der Waals surface area contributed by atoms with Crippen LogP contribution in [-0.4, -0.2) is 31.5 Å². The number of carbonyl (C=O) groups is 1. The van der Waals surface area contributed by atoms with E-state index in [4.69, 9.17) is 5.11 Å². The van der Waals surface area contributed by atoms with Crippen LogP contribution in [0.1, 0.15) is 19.3 Å². The van der Waals surface area contributed by atoms with Crippen LogP contribution in [0.4, 0.5) is 5.82 Å². The highest BCUT2D eigenvalue weighted by Gasteiger charge is 2.30. The third-order valence-electron chi connectivity index (χ3n) is 3.44. The lowest BCUT2D eigenvalue weighted by Crippen LogP contribution is -2.41. The van der Waals surface area contributed by atoms with Gasteiger partial charge >= 0.3 is 11.7 Å². The third kappa shape index (κ3) is 2.51. The Morgan fingerprint density at radius 2 is 2.05 bits per heavy atom. The van der Waals surface area contributed by atoms with Crippen molar-refractivity contribution in [3.63, 3.8) is 0 Å². The zero-order valence-electron chi connectivity index (χ0n) is 10.8. The summed E-state index contributed by atoms with van der Waals surface area (Å²) in [6.45, 7) is 0. The number of nitrogens with one attached hydrogen (secondary N) is 1. The Labute approximate surface area is 108 Å². The summed E-state index contributed by atoms with van der Waals surface area (Å²) < 4.78 is 2.05. The highest BCUT2D eigenvalue weighted by Crippen LogP contribution is 2.27. The molecule has 2 N–H and O–H groups in total. The Hall–Kier alpha value is -2.12. The second-order valence-corrected chi connectivity index (χ2v) is 4.81. The van der Waals surface area contributed by atoms with Crippen molar-refractivity contribution >= 4 is 11.8 Å². The molecule has 0 radical (unpaired) electrons. The molecule has 8 nitrogen and oxygen atoms in total. The maximum Gasteiger partial charge on any atom is 0.346 e. The van der Waals surface area contributed by atoms with E-state index in [0.29, 0.717) is 19.3 Å². The number of nitrogens with zero attached hydrogens (tertiary/aromatic N) is 3. The van der Waals surface area contributed by atoms with Crippen LogP contribution >= 0.6 is 0 Å². The van der Waals surface area contributed by atoms with E-state index < -0.39 is 17.2 Å². The molecule has 1 aliphatic rings.